The summed E-state index contributed by atoms with van der Waals surface area (Å²) in [6.07, 6.45) is -0.969. The van der Waals surface area contributed by atoms with Gasteiger partial charge in [-0.3, -0.25) is 4.79 Å². The number of rotatable bonds is 3. The second-order valence-electron chi connectivity index (χ2n) is 6.83. The molecule has 0 aromatic heterocycles. The molecule has 4 atom stereocenters. The molecule has 7 heteroatoms. The average molecular weight is 364 g/mol. The Morgan fingerprint density at radius 3 is 2.23 bits per heavy atom. The Morgan fingerprint density at radius 2 is 1.69 bits per heavy atom. The molecule has 0 spiro atoms. The third-order valence-electron chi connectivity index (χ3n) is 5.01. The Morgan fingerprint density at radius 1 is 1.08 bits per heavy atom. The Balaban J connectivity index is 1.89. The third kappa shape index (κ3) is 3.02. The maximum atomic E-state index is 12.8. The van der Waals surface area contributed by atoms with Gasteiger partial charge in [-0.05, 0) is 32.0 Å². The van der Waals surface area contributed by atoms with Crippen molar-refractivity contribution in [2.45, 2.75) is 20.0 Å². The number of amides is 1. The fourth-order valence-electron chi connectivity index (χ4n) is 4.03. The van der Waals surface area contributed by atoms with Crippen molar-refractivity contribution < 1.29 is 27.9 Å². The van der Waals surface area contributed by atoms with Gasteiger partial charge in [-0.1, -0.05) is 29.4 Å². The lowest BCUT2D eigenvalue weighted by atomic mass is 9.82. The lowest BCUT2D eigenvalue weighted by molar-refractivity contribution is -0.313. The molecule has 3 rings (SSSR count). The molecule has 1 aromatic rings. The number of hydrogen-bond acceptors (Lipinski definition) is 3. The van der Waals surface area contributed by atoms with Gasteiger partial charge < -0.3 is 15.2 Å². The van der Waals surface area contributed by atoms with E-state index in [2.05, 4.69) is 5.32 Å². The molecular formula is C19H17F3NO3-. The van der Waals surface area contributed by atoms with Crippen molar-refractivity contribution in [1.82, 2.24) is 0 Å². The van der Waals surface area contributed by atoms with Gasteiger partial charge in [0.05, 0.1) is 11.5 Å². The number of carbonyl (C=O) groups excluding carboxylic acids is 2. The summed E-state index contributed by atoms with van der Waals surface area (Å²) in [4.78, 5) is 24.3. The third-order valence-corrected chi connectivity index (χ3v) is 5.01. The highest BCUT2D eigenvalue weighted by Gasteiger charge is 2.52. The highest BCUT2D eigenvalue weighted by atomic mass is 19.4. The summed E-state index contributed by atoms with van der Waals surface area (Å²) in [5, 5.41) is 14.1. The predicted molar refractivity (Wildman–Crippen MR) is 86.6 cm³/mol. The molecule has 1 amide bonds. The van der Waals surface area contributed by atoms with Gasteiger partial charge >= 0.3 is 6.18 Å². The molecule has 2 aliphatic carbocycles. The van der Waals surface area contributed by atoms with Crippen LogP contribution in [0.15, 0.2) is 47.6 Å². The molecule has 1 fully saturated rings. The van der Waals surface area contributed by atoms with E-state index >= 15 is 0 Å². The van der Waals surface area contributed by atoms with Gasteiger partial charge in [-0.2, -0.15) is 13.2 Å². The number of hydrogen-bond donors (Lipinski definition) is 1. The summed E-state index contributed by atoms with van der Waals surface area (Å²) < 4.78 is 38.5. The first-order chi connectivity index (χ1) is 12.1. The number of alkyl halides is 3. The normalized spacial score (nSPS) is 26.9. The molecule has 0 aliphatic heterocycles. The summed E-state index contributed by atoms with van der Waals surface area (Å²) in [6, 6.07) is 4.26. The average Bonchev–Trinajstić information content (AvgIpc) is 3.10. The smallest absolute Gasteiger partial charge is 0.416 e. The number of benzene rings is 1. The number of carboxylic acids is 1. The van der Waals surface area contributed by atoms with E-state index in [0.29, 0.717) is 0 Å². The van der Waals surface area contributed by atoms with Gasteiger partial charge in [0.25, 0.3) is 0 Å². The van der Waals surface area contributed by atoms with Crippen molar-refractivity contribution in [3.63, 3.8) is 0 Å². The molecular weight excluding hydrogens is 347 g/mol. The fourth-order valence-corrected chi connectivity index (χ4v) is 4.03. The van der Waals surface area contributed by atoms with Crippen LogP contribution in [0.25, 0.3) is 0 Å². The number of allylic oxidation sites excluding steroid dienone is 4. The topological polar surface area (TPSA) is 69.2 Å². The predicted octanol–water partition coefficient (Wildman–Crippen LogP) is 2.78. The minimum Gasteiger partial charge on any atom is -0.550 e. The fraction of sp³-hybridized carbons (Fsp3) is 0.368. The monoisotopic (exact) mass is 364 g/mol. The van der Waals surface area contributed by atoms with Gasteiger partial charge in [0.15, 0.2) is 0 Å². The van der Waals surface area contributed by atoms with E-state index < -0.39 is 41.4 Å². The molecule has 26 heavy (non-hydrogen) atoms. The highest BCUT2D eigenvalue weighted by molar-refractivity contribution is 5.97. The van der Waals surface area contributed by atoms with Gasteiger partial charge in [0.2, 0.25) is 5.91 Å². The number of halogens is 3. The molecule has 0 heterocycles. The van der Waals surface area contributed by atoms with Crippen LogP contribution in [0.1, 0.15) is 19.4 Å². The minimum atomic E-state index is -4.53. The van der Waals surface area contributed by atoms with Crippen LogP contribution in [-0.4, -0.2) is 11.9 Å². The summed E-state index contributed by atoms with van der Waals surface area (Å²) in [7, 11) is 0. The Kier molecular flexibility index (Phi) is 4.42. The van der Waals surface area contributed by atoms with E-state index in [4.69, 9.17) is 0 Å². The van der Waals surface area contributed by atoms with Crippen LogP contribution in [0, 0.1) is 23.7 Å². The van der Waals surface area contributed by atoms with E-state index in [-0.39, 0.29) is 11.6 Å². The van der Waals surface area contributed by atoms with E-state index in [0.717, 1.165) is 23.3 Å². The Hall–Kier alpha value is -2.57. The lowest BCUT2D eigenvalue weighted by Crippen LogP contribution is -2.42. The van der Waals surface area contributed by atoms with Crippen molar-refractivity contribution >= 4 is 17.6 Å². The molecule has 4 nitrogen and oxygen atoms in total. The van der Waals surface area contributed by atoms with Gasteiger partial charge in [0.1, 0.15) is 0 Å². The summed E-state index contributed by atoms with van der Waals surface area (Å²) in [6.45, 7) is 3.70. The Bertz CT molecular complexity index is 822. The van der Waals surface area contributed by atoms with Gasteiger partial charge in [-0.15, -0.1) is 0 Å². The first kappa shape index (κ1) is 18.2. The maximum Gasteiger partial charge on any atom is 0.416 e. The van der Waals surface area contributed by atoms with E-state index in [1.165, 1.54) is 12.1 Å². The minimum absolute atomic E-state index is 0.0209. The molecule has 1 saturated carbocycles. The quantitative estimate of drug-likeness (QED) is 0.839. The molecule has 1 N–H and O–H groups in total. The largest absolute Gasteiger partial charge is 0.550 e. The Labute approximate surface area is 148 Å². The number of carbonyl (C=O) groups is 2. The number of fused-ring (bicyclic) bond motifs is 2. The summed E-state index contributed by atoms with van der Waals surface area (Å²) in [5.41, 5.74) is 0.908. The summed E-state index contributed by atoms with van der Waals surface area (Å²) >= 11 is 0. The number of aliphatic carboxylic acids is 1. The van der Waals surface area contributed by atoms with Crippen LogP contribution in [0.4, 0.5) is 18.9 Å². The molecule has 0 unspecified atom stereocenters. The molecule has 2 aliphatic rings. The number of carboxylic acid groups (broad SMARTS) is 1. The summed E-state index contributed by atoms with van der Waals surface area (Å²) in [5.74, 6) is -4.67. The first-order valence-electron chi connectivity index (χ1n) is 8.16. The van der Waals surface area contributed by atoms with Gasteiger partial charge in [0, 0.05) is 29.4 Å². The van der Waals surface area contributed by atoms with Crippen LogP contribution >= 0.6 is 0 Å². The lowest BCUT2D eigenvalue weighted by Gasteiger charge is -2.27. The van der Waals surface area contributed by atoms with Crippen molar-refractivity contribution in [2.24, 2.45) is 23.7 Å². The second-order valence-corrected chi connectivity index (χ2v) is 6.83. The van der Waals surface area contributed by atoms with Crippen LogP contribution in [0.2, 0.25) is 0 Å². The number of anilines is 1. The van der Waals surface area contributed by atoms with Crippen molar-refractivity contribution in [3.8, 4) is 0 Å². The SMILES string of the molecule is CC(C)=C1[C@H]2C=C[C@H]1[C@@H](C(=O)Nc1cccc(C(F)(F)F)c1)[C@H]2C(=O)[O-]. The highest BCUT2D eigenvalue weighted by Crippen LogP contribution is 2.53. The molecule has 0 radical (unpaired) electrons. The van der Waals surface area contributed by atoms with Crippen molar-refractivity contribution in [2.75, 3.05) is 5.32 Å². The first-order valence-corrected chi connectivity index (χ1v) is 8.16. The molecule has 1 aromatic carbocycles. The standard InChI is InChI=1S/C19H18F3NO3/c1-9(2)14-12-6-7-13(14)16(18(25)26)15(12)17(24)23-11-5-3-4-10(8-11)19(20,21)22/h3-8,12-13,15-16H,1-2H3,(H,23,24)(H,25,26)/p-1/t12-,13-,15-,16+/m1/s1. The maximum absolute atomic E-state index is 12.8. The van der Waals surface area contributed by atoms with Crippen LogP contribution < -0.4 is 10.4 Å². The van der Waals surface area contributed by atoms with Crippen molar-refractivity contribution in [1.29, 1.82) is 0 Å². The zero-order valence-corrected chi connectivity index (χ0v) is 14.1. The van der Waals surface area contributed by atoms with Crippen molar-refractivity contribution in [3.05, 3.63) is 53.1 Å². The zero-order valence-electron chi connectivity index (χ0n) is 14.1. The van der Waals surface area contributed by atoms with E-state index in [9.17, 15) is 27.9 Å². The van der Waals surface area contributed by atoms with Crippen LogP contribution in [0.3, 0.4) is 0 Å². The zero-order chi connectivity index (χ0) is 19.2. The molecule has 0 saturated heterocycles. The number of nitrogens with one attached hydrogen (secondary N) is 1. The molecule has 138 valence electrons. The van der Waals surface area contributed by atoms with Crippen LogP contribution in [-0.2, 0) is 15.8 Å². The van der Waals surface area contributed by atoms with Gasteiger partial charge in [-0.25, -0.2) is 0 Å². The van der Waals surface area contributed by atoms with E-state index in [1.807, 2.05) is 13.8 Å². The van der Waals surface area contributed by atoms with Crippen LogP contribution in [0.5, 0.6) is 0 Å². The molecule has 2 bridgehead atoms. The second kappa shape index (κ2) is 6.30. The van der Waals surface area contributed by atoms with E-state index in [1.54, 1.807) is 12.2 Å².